The van der Waals surface area contributed by atoms with Crippen molar-refractivity contribution < 1.29 is 0 Å². The minimum absolute atomic E-state index is 0.287. The van der Waals surface area contributed by atoms with Crippen LogP contribution in [0.1, 0.15) is 75.0 Å². The summed E-state index contributed by atoms with van der Waals surface area (Å²) < 4.78 is 0. The van der Waals surface area contributed by atoms with E-state index >= 15 is 0 Å². The number of unbranched alkanes of at least 4 members (excludes halogenated alkanes) is 5. The Labute approximate surface area is 147 Å². The number of nitrogens with two attached hydrogens (primary N) is 2. The molecule has 2 heteroatoms. The lowest BCUT2D eigenvalue weighted by molar-refractivity contribution is 0.607. The van der Waals surface area contributed by atoms with Crippen LogP contribution in [-0.2, 0) is 6.42 Å². The third-order valence-corrected chi connectivity index (χ3v) is 4.91. The van der Waals surface area contributed by atoms with E-state index in [1.54, 1.807) is 0 Å². The Balaban J connectivity index is 2.05. The van der Waals surface area contributed by atoms with E-state index in [-0.39, 0.29) is 5.92 Å². The maximum absolute atomic E-state index is 6.26. The van der Waals surface area contributed by atoms with Gasteiger partial charge in [-0.15, -0.1) is 0 Å². The molecule has 0 bridgehead atoms. The molecule has 2 aromatic carbocycles. The fourth-order valence-electron chi connectivity index (χ4n) is 3.31. The van der Waals surface area contributed by atoms with E-state index in [1.807, 2.05) is 12.1 Å². The Bertz CT molecular complexity index is 619. The van der Waals surface area contributed by atoms with E-state index in [1.165, 1.54) is 55.2 Å². The minimum Gasteiger partial charge on any atom is -0.398 e. The Hall–Kier alpha value is -1.96. The summed E-state index contributed by atoms with van der Waals surface area (Å²) in [6.07, 6.45) is 8.87. The average molecular weight is 325 g/mol. The summed E-state index contributed by atoms with van der Waals surface area (Å²) in [5, 5.41) is 0. The molecule has 130 valence electrons. The molecule has 0 fully saturated rings. The van der Waals surface area contributed by atoms with Gasteiger partial charge in [-0.05, 0) is 35.6 Å². The van der Waals surface area contributed by atoms with Crippen molar-refractivity contribution in [2.45, 2.75) is 64.7 Å². The summed E-state index contributed by atoms with van der Waals surface area (Å²) >= 11 is 0. The Morgan fingerprint density at radius 3 is 2.21 bits per heavy atom. The van der Waals surface area contributed by atoms with E-state index in [4.69, 9.17) is 11.5 Å². The van der Waals surface area contributed by atoms with E-state index in [2.05, 4.69) is 44.2 Å². The van der Waals surface area contributed by atoms with Gasteiger partial charge in [-0.25, -0.2) is 0 Å². The largest absolute Gasteiger partial charge is 0.398 e. The third-order valence-electron chi connectivity index (χ3n) is 4.91. The number of nitrogen functional groups attached to an aromatic ring is 2. The SMILES string of the molecule is CCCCCCCCc1cc(C(C)c2ccccc2)c(N)cc1N. The van der Waals surface area contributed by atoms with E-state index in [0.29, 0.717) is 0 Å². The molecule has 2 rings (SSSR count). The van der Waals surface area contributed by atoms with Gasteiger partial charge in [0.25, 0.3) is 0 Å². The Morgan fingerprint density at radius 1 is 0.833 bits per heavy atom. The normalized spacial score (nSPS) is 12.2. The van der Waals surface area contributed by atoms with Crippen molar-refractivity contribution in [3.8, 4) is 0 Å². The van der Waals surface area contributed by atoms with Crippen LogP contribution in [0.3, 0.4) is 0 Å². The highest BCUT2D eigenvalue weighted by Gasteiger charge is 2.14. The molecule has 4 N–H and O–H groups in total. The van der Waals surface area contributed by atoms with Crippen LogP contribution in [-0.4, -0.2) is 0 Å². The number of hydrogen-bond acceptors (Lipinski definition) is 2. The lowest BCUT2D eigenvalue weighted by Crippen LogP contribution is -2.05. The summed E-state index contributed by atoms with van der Waals surface area (Å²) in [5.41, 5.74) is 17.8. The molecule has 0 saturated heterocycles. The van der Waals surface area contributed by atoms with Crippen LogP contribution >= 0.6 is 0 Å². The van der Waals surface area contributed by atoms with Gasteiger partial charge in [0.15, 0.2) is 0 Å². The number of aryl methyl sites for hydroxylation is 1. The molecule has 1 atom stereocenters. The monoisotopic (exact) mass is 324 g/mol. The van der Waals surface area contributed by atoms with E-state index in [9.17, 15) is 0 Å². The molecule has 24 heavy (non-hydrogen) atoms. The topological polar surface area (TPSA) is 52.0 Å². The van der Waals surface area contributed by atoms with Crippen LogP contribution in [0.2, 0.25) is 0 Å². The van der Waals surface area contributed by atoms with Crippen LogP contribution in [0.15, 0.2) is 42.5 Å². The van der Waals surface area contributed by atoms with Crippen LogP contribution in [0.4, 0.5) is 11.4 Å². The number of anilines is 2. The van der Waals surface area contributed by atoms with Gasteiger partial charge in [-0.1, -0.05) is 82.3 Å². The fraction of sp³-hybridized carbons (Fsp3) is 0.455. The zero-order valence-electron chi connectivity index (χ0n) is 15.2. The maximum Gasteiger partial charge on any atom is 0.0373 e. The molecule has 2 nitrogen and oxygen atoms in total. The van der Waals surface area contributed by atoms with Gasteiger partial charge in [0.2, 0.25) is 0 Å². The van der Waals surface area contributed by atoms with Crippen molar-refractivity contribution in [2.24, 2.45) is 0 Å². The van der Waals surface area contributed by atoms with Crippen molar-refractivity contribution >= 4 is 11.4 Å². The van der Waals surface area contributed by atoms with Gasteiger partial charge in [-0.3, -0.25) is 0 Å². The highest BCUT2D eigenvalue weighted by Crippen LogP contribution is 2.32. The van der Waals surface area contributed by atoms with Gasteiger partial charge in [-0.2, -0.15) is 0 Å². The molecular formula is C22H32N2. The lowest BCUT2D eigenvalue weighted by atomic mass is 9.89. The van der Waals surface area contributed by atoms with Crippen LogP contribution in [0.25, 0.3) is 0 Å². The third kappa shape index (κ3) is 5.02. The second-order valence-electron chi connectivity index (χ2n) is 6.83. The molecule has 2 aromatic rings. The molecule has 0 radical (unpaired) electrons. The molecular weight excluding hydrogens is 292 g/mol. The first-order chi connectivity index (χ1) is 11.6. The van der Waals surface area contributed by atoms with Gasteiger partial charge in [0.05, 0.1) is 0 Å². The highest BCUT2D eigenvalue weighted by atomic mass is 14.6. The summed E-state index contributed by atoms with van der Waals surface area (Å²) in [5.74, 6) is 0.287. The molecule has 0 heterocycles. The summed E-state index contributed by atoms with van der Waals surface area (Å²) in [6.45, 7) is 4.47. The van der Waals surface area contributed by atoms with Crippen molar-refractivity contribution in [3.63, 3.8) is 0 Å². The van der Waals surface area contributed by atoms with Crippen molar-refractivity contribution in [2.75, 3.05) is 11.5 Å². The lowest BCUT2D eigenvalue weighted by Gasteiger charge is -2.18. The first kappa shape index (κ1) is 18.4. The number of hydrogen-bond donors (Lipinski definition) is 2. The zero-order chi connectivity index (χ0) is 17.4. The maximum atomic E-state index is 6.26. The molecule has 0 aliphatic carbocycles. The molecule has 0 saturated carbocycles. The first-order valence-corrected chi connectivity index (χ1v) is 9.36. The van der Waals surface area contributed by atoms with Crippen molar-refractivity contribution in [1.82, 2.24) is 0 Å². The fourth-order valence-corrected chi connectivity index (χ4v) is 3.31. The average Bonchev–Trinajstić information content (AvgIpc) is 2.60. The van der Waals surface area contributed by atoms with Crippen LogP contribution in [0, 0.1) is 0 Å². The number of benzene rings is 2. The summed E-state index contributed by atoms with van der Waals surface area (Å²) in [7, 11) is 0. The highest BCUT2D eigenvalue weighted by molar-refractivity contribution is 5.63. The number of rotatable bonds is 9. The van der Waals surface area contributed by atoms with Gasteiger partial charge < -0.3 is 11.5 Å². The molecule has 0 amide bonds. The van der Waals surface area contributed by atoms with Gasteiger partial charge in [0, 0.05) is 17.3 Å². The van der Waals surface area contributed by atoms with Crippen molar-refractivity contribution in [3.05, 3.63) is 59.2 Å². The van der Waals surface area contributed by atoms with E-state index in [0.717, 1.165) is 17.8 Å². The Kier molecular flexibility index (Phi) is 7.17. The first-order valence-electron chi connectivity index (χ1n) is 9.36. The molecule has 0 spiro atoms. The molecule has 0 aliphatic heterocycles. The van der Waals surface area contributed by atoms with Gasteiger partial charge in [0.1, 0.15) is 0 Å². The van der Waals surface area contributed by atoms with Crippen LogP contribution < -0.4 is 11.5 Å². The summed E-state index contributed by atoms with van der Waals surface area (Å²) in [6, 6.07) is 14.7. The quantitative estimate of drug-likeness (QED) is 0.445. The Morgan fingerprint density at radius 2 is 1.50 bits per heavy atom. The zero-order valence-corrected chi connectivity index (χ0v) is 15.2. The second-order valence-corrected chi connectivity index (χ2v) is 6.83. The standard InChI is InChI=1S/C22H32N2/c1-3-4-5-6-7-9-14-19-15-20(22(24)16-21(19)23)17(2)18-12-10-8-11-13-18/h8,10-13,15-17H,3-7,9,14,23-24H2,1-2H3. The predicted octanol–water partition coefficient (Wildman–Crippen LogP) is 5.91. The predicted molar refractivity (Wildman–Crippen MR) is 106 cm³/mol. The van der Waals surface area contributed by atoms with Crippen LogP contribution in [0.5, 0.6) is 0 Å². The van der Waals surface area contributed by atoms with Crippen molar-refractivity contribution in [1.29, 1.82) is 0 Å². The second kappa shape index (κ2) is 9.36. The molecule has 0 aromatic heterocycles. The van der Waals surface area contributed by atoms with E-state index < -0.39 is 0 Å². The molecule has 1 unspecified atom stereocenters. The van der Waals surface area contributed by atoms with Gasteiger partial charge >= 0.3 is 0 Å². The molecule has 0 aliphatic rings. The smallest absolute Gasteiger partial charge is 0.0373 e. The summed E-state index contributed by atoms with van der Waals surface area (Å²) in [4.78, 5) is 0. The minimum atomic E-state index is 0.287.